The predicted octanol–water partition coefficient (Wildman–Crippen LogP) is 2.18. The van der Waals surface area contributed by atoms with Gasteiger partial charge in [-0.3, -0.25) is 0 Å². The van der Waals surface area contributed by atoms with Crippen LogP contribution in [0.4, 0.5) is 5.69 Å². The summed E-state index contributed by atoms with van der Waals surface area (Å²) in [5.41, 5.74) is 2.00. The first kappa shape index (κ1) is 16.5. The van der Waals surface area contributed by atoms with Gasteiger partial charge < -0.3 is 19.5 Å². The Morgan fingerprint density at radius 2 is 1.90 bits per heavy atom. The van der Waals surface area contributed by atoms with Crippen molar-refractivity contribution in [3.05, 3.63) is 29.3 Å². The molecule has 5 nitrogen and oxygen atoms in total. The van der Waals surface area contributed by atoms with Gasteiger partial charge in [0.1, 0.15) is 0 Å². The molecule has 0 saturated carbocycles. The van der Waals surface area contributed by atoms with Gasteiger partial charge in [0, 0.05) is 33.9 Å². The summed E-state index contributed by atoms with van der Waals surface area (Å²) < 4.78 is 10.2. The molecule has 0 heterocycles. The second-order valence-electron chi connectivity index (χ2n) is 4.65. The highest BCUT2D eigenvalue weighted by molar-refractivity contribution is 5.94. The Labute approximate surface area is 120 Å². The standard InChI is InChI=1S/C15H23NO4/c1-12-5-6-14(13(11-12)15(17)18)16(8-10-20-3)7-4-9-19-2/h5-6,11H,4,7-10H2,1-3H3,(H,17,18). The number of hydrogen-bond donors (Lipinski definition) is 1. The van der Waals surface area contributed by atoms with Crippen LogP contribution in [0, 0.1) is 6.92 Å². The zero-order chi connectivity index (χ0) is 15.0. The second kappa shape index (κ2) is 8.55. The first-order valence-electron chi connectivity index (χ1n) is 6.67. The summed E-state index contributed by atoms with van der Waals surface area (Å²) in [6, 6.07) is 5.49. The van der Waals surface area contributed by atoms with Gasteiger partial charge >= 0.3 is 5.97 Å². The molecule has 1 aromatic rings. The van der Waals surface area contributed by atoms with Crippen molar-refractivity contribution in [3.8, 4) is 0 Å². The maximum atomic E-state index is 11.4. The molecule has 0 bridgehead atoms. The van der Waals surface area contributed by atoms with Crippen LogP contribution in [0.2, 0.25) is 0 Å². The number of rotatable bonds is 9. The lowest BCUT2D eigenvalue weighted by Gasteiger charge is -2.26. The maximum absolute atomic E-state index is 11.4. The quantitative estimate of drug-likeness (QED) is 0.703. The van der Waals surface area contributed by atoms with Crippen LogP contribution in [0.3, 0.4) is 0 Å². The number of aryl methyl sites for hydroxylation is 1. The Kier molecular flexibility index (Phi) is 7.04. The molecule has 0 aliphatic heterocycles. The van der Waals surface area contributed by atoms with E-state index in [0.717, 1.165) is 24.2 Å². The summed E-state index contributed by atoms with van der Waals surface area (Å²) in [5.74, 6) is -0.905. The first-order valence-corrected chi connectivity index (χ1v) is 6.67. The molecule has 0 spiro atoms. The van der Waals surface area contributed by atoms with Gasteiger partial charge in [0.15, 0.2) is 0 Å². The SMILES string of the molecule is COCCCN(CCOC)c1ccc(C)cc1C(=O)O. The third kappa shape index (κ3) is 4.83. The number of anilines is 1. The summed E-state index contributed by atoms with van der Waals surface area (Å²) in [6.07, 6.45) is 0.840. The van der Waals surface area contributed by atoms with Crippen molar-refractivity contribution >= 4 is 11.7 Å². The number of ether oxygens (including phenoxy) is 2. The molecule has 0 radical (unpaired) electrons. The number of nitrogens with zero attached hydrogens (tertiary/aromatic N) is 1. The van der Waals surface area contributed by atoms with E-state index in [4.69, 9.17) is 9.47 Å². The lowest BCUT2D eigenvalue weighted by atomic mass is 10.1. The minimum Gasteiger partial charge on any atom is -0.478 e. The number of hydrogen-bond acceptors (Lipinski definition) is 4. The van der Waals surface area contributed by atoms with Crippen LogP contribution in [0.25, 0.3) is 0 Å². The van der Waals surface area contributed by atoms with Crippen LogP contribution in [-0.4, -0.2) is 51.6 Å². The molecule has 0 aliphatic carbocycles. The van der Waals surface area contributed by atoms with Gasteiger partial charge in [0.2, 0.25) is 0 Å². The first-order chi connectivity index (χ1) is 9.60. The van der Waals surface area contributed by atoms with Gasteiger partial charge in [-0.25, -0.2) is 4.79 Å². The molecule has 0 atom stereocenters. The molecular weight excluding hydrogens is 258 g/mol. The van der Waals surface area contributed by atoms with E-state index >= 15 is 0 Å². The van der Waals surface area contributed by atoms with Gasteiger partial charge in [0.05, 0.1) is 17.9 Å². The largest absolute Gasteiger partial charge is 0.478 e. The van der Waals surface area contributed by atoms with Gasteiger partial charge in [-0.2, -0.15) is 0 Å². The molecule has 0 unspecified atom stereocenters. The molecule has 20 heavy (non-hydrogen) atoms. The number of carboxylic acid groups (broad SMARTS) is 1. The van der Waals surface area contributed by atoms with Crippen molar-refractivity contribution in [2.24, 2.45) is 0 Å². The van der Waals surface area contributed by atoms with Crippen LogP contribution >= 0.6 is 0 Å². The zero-order valence-electron chi connectivity index (χ0n) is 12.4. The molecule has 1 aromatic carbocycles. The Morgan fingerprint density at radius 1 is 1.20 bits per heavy atom. The molecule has 0 fully saturated rings. The fraction of sp³-hybridized carbons (Fsp3) is 0.533. The number of carboxylic acids is 1. The van der Waals surface area contributed by atoms with E-state index < -0.39 is 5.97 Å². The minimum absolute atomic E-state index is 0.332. The highest BCUT2D eigenvalue weighted by atomic mass is 16.5. The van der Waals surface area contributed by atoms with E-state index in [-0.39, 0.29) is 0 Å². The van der Waals surface area contributed by atoms with Crippen LogP contribution in [-0.2, 0) is 9.47 Å². The van der Waals surface area contributed by atoms with Crippen molar-refractivity contribution in [3.63, 3.8) is 0 Å². The van der Waals surface area contributed by atoms with Crippen LogP contribution in [0.15, 0.2) is 18.2 Å². The topological polar surface area (TPSA) is 59.0 Å². The Hall–Kier alpha value is -1.59. The monoisotopic (exact) mass is 281 g/mol. The zero-order valence-corrected chi connectivity index (χ0v) is 12.4. The lowest BCUT2D eigenvalue weighted by molar-refractivity contribution is 0.0697. The average molecular weight is 281 g/mol. The van der Waals surface area contributed by atoms with Crippen LogP contribution in [0.5, 0.6) is 0 Å². The van der Waals surface area contributed by atoms with E-state index in [1.165, 1.54) is 0 Å². The van der Waals surface area contributed by atoms with E-state index in [1.54, 1.807) is 20.3 Å². The van der Waals surface area contributed by atoms with Gasteiger partial charge in [-0.05, 0) is 25.5 Å². The highest BCUT2D eigenvalue weighted by Gasteiger charge is 2.16. The summed E-state index contributed by atoms with van der Waals surface area (Å²) in [4.78, 5) is 13.4. The molecule has 0 aliphatic rings. The van der Waals surface area contributed by atoms with Crippen molar-refractivity contribution in [1.82, 2.24) is 0 Å². The predicted molar refractivity (Wildman–Crippen MR) is 78.7 cm³/mol. The fourth-order valence-corrected chi connectivity index (χ4v) is 2.05. The van der Waals surface area contributed by atoms with E-state index in [0.29, 0.717) is 25.3 Å². The molecule has 1 rings (SSSR count). The van der Waals surface area contributed by atoms with E-state index in [1.807, 2.05) is 24.0 Å². The smallest absolute Gasteiger partial charge is 0.337 e. The van der Waals surface area contributed by atoms with Gasteiger partial charge in [-0.15, -0.1) is 0 Å². The Balaban J connectivity index is 2.95. The molecular formula is C15H23NO4. The van der Waals surface area contributed by atoms with Crippen molar-refractivity contribution in [1.29, 1.82) is 0 Å². The van der Waals surface area contributed by atoms with Gasteiger partial charge in [-0.1, -0.05) is 11.6 Å². The molecule has 0 amide bonds. The molecule has 0 saturated heterocycles. The molecule has 112 valence electrons. The van der Waals surface area contributed by atoms with Crippen molar-refractivity contribution in [2.45, 2.75) is 13.3 Å². The van der Waals surface area contributed by atoms with E-state index in [2.05, 4.69) is 0 Å². The summed E-state index contributed by atoms with van der Waals surface area (Å²) in [6.45, 7) is 4.49. The highest BCUT2D eigenvalue weighted by Crippen LogP contribution is 2.22. The summed E-state index contributed by atoms with van der Waals surface area (Å²) in [7, 11) is 3.30. The second-order valence-corrected chi connectivity index (χ2v) is 4.65. The number of carbonyl (C=O) groups is 1. The fourth-order valence-electron chi connectivity index (χ4n) is 2.05. The van der Waals surface area contributed by atoms with Crippen molar-refractivity contribution in [2.75, 3.05) is 45.4 Å². The van der Waals surface area contributed by atoms with Gasteiger partial charge in [0.25, 0.3) is 0 Å². The maximum Gasteiger partial charge on any atom is 0.337 e. The molecule has 5 heteroatoms. The number of aromatic carboxylic acids is 1. The Bertz CT molecular complexity index is 434. The lowest BCUT2D eigenvalue weighted by Crippen LogP contribution is -2.30. The third-order valence-corrected chi connectivity index (χ3v) is 3.06. The van der Waals surface area contributed by atoms with Crippen molar-refractivity contribution < 1.29 is 19.4 Å². The Morgan fingerprint density at radius 3 is 2.50 bits per heavy atom. The normalized spacial score (nSPS) is 10.6. The number of methoxy groups -OCH3 is 2. The third-order valence-electron chi connectivity index (χ3n) is 3.06. The summed E-state index contributed by atoms with van der Waals surface area (Å²) >= 11 is 0. The van der Waals surface area contributed by atoms with E-state index in [9.17, 15) is 9.90 Å². The average Bonchev–Trinajstić information content (AvgIpc) is 2.43. The molecule has 0 aromatic heterocycles. The summed E-state index contributed by atoms with van der Waals surface area (Å²) in [5, 5.41) is 9.35. The number of benzene rings is 1. The van der Waals surface area contributed by atoms with Crippen LogP contribution < -0.4 is 4.90 Å². The van der Waals surface area contributed by atoms with Crippen LogP contribution in [0.1, 0.15) is 22.3 Å². The molecule has 1 N–H and O–H groups in total. The minimum atomic E-state index is -0.905.